The summed E-state index contributed by atoms with van der Waals surface area (Å²) in [6.45, 7) is 18.4. The lowest BCUT2D eigenvalue weighted by Crippen LogP contribution is -2.19. The predicted molar refractivity (Wildman–Crippen MR) is 202 cm³/mol. The number of nitrogens with zero attached hydrogens (tertiary/aromatic N) is 3. The summed E-state index contributed by atoms with van der Waals surface area (Å²) in [5, 5.41) is 8.27. The van der Waals surface area contributed by atoms with Gasteiger partial charge in [0.25, 0.3) is 0 Å². The maximum absolute atomic E-state index is 12.1. The van der Waals surface area contributed by atoms with Gasteiger partial charge in [-0.05, 0) is 51.9 Å². The average Bonchev–Trinajstić information content (AvgIpc) is 3.53. The number of rotatable bonds is 38. The quantitative estimate of drug-likeness (QED) is 0.0704. The monoisotopic (exact) mass is 837 g/mol. The van der Waals surface area contributed by atoms with Crippen molar-refractivity contribution in [2.75, 3.05) is 126 Å². The Morgan fingerprint density at radius 1 is 0.545 bits per heavy atom. The molecule has 55 heavy (non-hydrogen) atoms. The van der Waals surface area contributed by atoms with Crippen molar-refractivity contribution in [3.8, 4) is 0 Å². The third kappa shape index (κ3) is 35.9. The summed E-state index contributed by atoms with van der Waals surface area (Å²) in [6.07, 6.45) is 4.79. The molecule has 1 aromatic rings. The zero-order valence-corrected chi connectivity index (χ0v) is 35.7. The average molecular weight is 838 g/mol. The molecule has 0 amide bonds. The minimum absolute atomic E-state index is 0.0699. The minimum atomic E-state index is -4.17. The lowest BCUT2D eigenvalue weighted by Gasteiger charge is -2.22. The third-order valence-electron chi connectivity index (χ3n) is 6.71. The minimum Gasteiger partial charge on any atom is -0.379 e. The van der Waals surface area contributed by atoms with Gasteiger partial charge in [-0.2, -0.15) is 0 Å². The molecule has 0 saturated carbocycles. The fourth-order valence-corrected chi connectivity index (χ4v) is 5.83. The highest BCUT2D eigenvalue weighted by atomic mass is 31.2. The topological polar surface area (TPSA) is 216 Å². The number of phosphoric acid groups is 2. The van der Waals surface area contributed by atoms with Crippen molar-refractivity contribution in [1.82, 2.24) is 15.0 Å². The third-order valence-corrected chi connectivity index (χ3v) is 9.02. The van der Waals surface area contributed by atoms with Crippen LogP contribution in [0.4, 0.5) is 0 Å². The number of hydrogen-bond donors (Lipinski definition) is 2. The Labute approximate surface area is 327 Å². The first-order valence-electron chi connectivity index (χ1n) is 18.9. The Bertz CT molecular complexity index is 1150. The Hall–Kier alpha value is -0.960. The van der Waals surface area contributed by atoms with Crippen molar-refractivity contribution in [2.24, 2.45) is 5.41 Å². The second kappa shape index (κ2) is 31.0. The van der Waals surface area contributed by atoms with E-state index in [-0.39, 0.29) is 45.1 Å². The second-order valence-corrected chi connectivity index (χ2v) is 17.1. The van der Waals surface area contributed by atoms with Gasteiger partial charge >= 0.3 is 15.6 Å². The van der Waals surface area contributed by atoms with Crippen LogP contribution >= 0.6 is 15.6 Å². The molecule has 21 heteroatoms. The Morgan fingerprint density at radius 2 is 0.945 bits per heavy atom. The van der Waals surface area contributed by atoms with Crippen LogP contribution in [0.25, 0.3) is 0 Å². The molecule has 0 aliphatic carbocycles. The van der Waals surface area contributed by atoms with Gasteiger partial charge in [0.05, 0.1) is 137 Å². The highest BCUT2D eigenvalue weighted by molar-refractivity contribution is 7.47. The van der Waals surface area contributed by atoms with Crippen LogP contribution < -0.4 is 0 Å². The molecule has 0 aliphatic heterocycles. The van der Waals surface area contributed by atoms with Crippen molar-refractivity contribution >= 4 is 15.6 Å². The summed E-state index contributed by atoms with van der Waals surface area (Å²) in [7, 11) is -8.28. The maximum atomic E-state index is 12.1. The summed E-state index contributed by atoms with van der Waals surface area (Å²) in [6, 6.07) is 0. The van der Waals surface area contributed by atoms with Gasteiger partial charge in [-0.15, -0.1) is 5.10 Å². The number of unbranched alkanes of at least 4 members (excludes halogenated alkanes) is 1. The summed E-state index contributed by atoms with van der Waals surface area (Å²) >= 11 is 0. The van der Waals surface area contributed by atoms with Crippen molar-refractivity contribution in [2.45, 2.75) is 79.4 Å². The number of phosphoric ester groups is 2. The van der Waals surface area contributed by atoms with Gasteiger partial charge in [-0.1, -0.05) is 26.0 Å². The smallest absolute Gasteiger partial charge is 0.379 e. The van der Waals surface area contributed by atoms with E-state index in [1.807, 2.05) is 6.20 Å². The molecule has 1 aromatic heterocycles. The Kier molecular flexibility index (Phi) is 29.4. The molecule has 2 atom stereocenters. The van der Waals surface area contributed by atoms with Crippen LogP contribution in [0.5, 0.6) is 0 Å². The molecule has 0 aromatic carbocycles. The van der Waals surface area contributed by atoms with E-state index in [2.05, 4.69) is 31.1 Å². The molecular weight excluding hydrogens is 768 g/mol. The second-order valence-electron chi connectivity index (χ2n) is 14.3. The van der Waals surface area contributed by atoms with E-state index in [4.69, 9.17) is 56.0 Å². The first-order valence-corrected chi connectivity index (χ1v) is 21.9. The molecule has 19 nitrogen and oxygen atoms in total. The summed E-state index contributed by atoms with van der Waals surface area (Å²) in [5.74, 6) is 0. The predicted octanol–water partition coefficient (Wildman–Crippen LogP) is 4.24. The van der Waals surface area contributed by atoms with Gasteiger partial charge in [-0.3, -0.25) is 18.1 Å². The normalized spacial score (nSPS) is 14.7. The number of ether oxygens (including phenoxy) is 8. The Balaban J connectivity index is 1.86. The summed E-state index contributed by atoms with van der Waals surface area (Å²) in [5.41, 5.74) is 0.303. The van der Waals surface area contributed by atoms with E-state index in [1.165, 1.54) is 0 Å². The maximum Gasteiger partial charge on any atom is 0.472 e. The van der Waals surface area contributed by atoms with Gasteiger partial charge in [0.2, 0.25) is 0 Å². The van der Waals surface area contributed by atoms with E-state index in [1.54, 1.807) is 25.5 Å². The number of aryl methyl sites for hydroxylation is 1. The van der Waals surface area contributed by atoms with Crippen LogP contribution in [-0.2, 0) is 78.1 Å². The van der Waals surface area contributed by atoms with Crippen molar-refractivity contribution in [1.29, 1.82) is 0 Å². The van der Waals surface area contributed by atoms with Crippen molar-refractivity contribution in [3.05, 3.63) is 11.9 Å². The fourth-order valence-electron chi connectivity index (χ4n) is 4.04. The zero-order valence-electron chi connectivity index (χ0n) is 33.9. The summed E-state index contributed by atoms with van der Waals surface area (Å²) < 4.78 is 88.9. The molecule has 0 saturated heterocycles. The largest absolute Gasteiger partial charge is 0.472 e. The van der Waals surface area contributed by atoms with Crippen LogP contribution in [-0.4, -0.2) is 156 Å². The van der Waals surface area contributed by atoms with Gasteiger partial charge in [0, 0.05) is 12.8 Å². The molecule has 1 heterocycles. The molecule has 0 aliphatic rings. The van der Waals surface area contributed by atoms with Crippen molar-refractivity contribution < 1.29 is 74.9 Å². The molecule has 2 N–H and O–H groups in total. The van der Waals surface area contributed by atoms with E-state index >= 15 is 0 Å². The highest BCUT2D eigenvalue weighted by Crippen LogP contribution is 2.47. The molecule has 0 radical (unpaired) electrons. The SMILES string of the molecule is CC(C)(C)CCOCCOCCOCCn1cc(CCCCOP(=O)(O)OCCOCCOCCOCCOCCOCCOP(=O)(O)OC(C)(C)C)nn1. The molecule has 326 valence electrons. The van der Waals surface area contributed by atoms with Gasteiger partial charge in [0.1, 0.15) is 0 Å². The number of hydrogen-bond acceptors (Lipinski definition) is 16. The van der Waals surface area contributed by atoms with Crippen LogP contribution in [0.2, 0.25) is 0 Å². The Morgan fingerprint density at radius 3 is 1.40 bits per heavy atom. The van der Waals surface area contributed by atoms with Crippen molar-refractivity contribution in [3.63, 3.8) is 0 Å². The molecule has 2 unspecified atom stereocenters. The van der Waals surface area contributed by atoms with E-state index < -0.39 is 21.2 Å². The lowest BCUT2D eigenvalue weighted by atomic mass is 9.93. The van der Waals surface area contributed by atoms with Gasteiger partial charge in [0.15, 0.2) is 0 Å². The number of aromatic nitrogens is 3. The fraction of sp³-hybridized carbons (Fsp3) is 0.941. The van der Waals surface area contributed by atoms with Gasteiger partial charge < -0.3 is 47.7 Å². The van der Waals surface area contributed by atoms with Crippen LogP contribution in [0, 0.1) is 5.41 Å². The van der Waals surface area contributed by atoms with E-state index in [9.17, 15) is 18.9 Å². The zero-order chi connectivity index (χ0) is 40.7. The first-order chi connectivity index (χ1) is 26.1. The molecule has 1 rings (SSSR count). The van der Waals surface area contributed by atoms with Crippen LogP contribution in [0.15, 0.2) is 6.20 Å². The van der Waals surface area contributed by atoms with Crippen LogP contribution in [0.1, 0.15) is 66.5 Å². The lowest BCUT2D eigenvalue weighted by molar-refractivity contribution is -0.0162. The molecular formula is C34H69N3O16P2. The van der Waals surface area contributed by atoms with E-state index in [0.717, 1.165) is 18.7 Å². The summed E-state index contributed by atoms with van der Waals surface area (Å²) in [4.78, 5) is 19.4. The highest BCUT2D eigenvalue weighted by Gasteiger charge is 2.28. The van der Waals surface area contributed by atoms with E-state index in [0.29, 0.717) is 105 Å². The standard InChI is InChI=1S/C34H69N3O16P2/c1-33(2,3)10-13-42-15-17-44-18-16-43-14-11-37-31-32(35-36-37)9-7-8-12-50-54(38,39)51-29-27-48-25-23-46-21-19-45-20-22-47-24-26-49-28-30-52-55(40,41)53-34(4,5)6/h31H,7-30H2,1-6H3,(H,38,39)(H,40,41). The first kappa shape index (κ1) is 52.1. The molecule has 0 fully saturated rings. The molecule has 0 spiro atoms. The van der Waals surface area contributed by atoms with Gasteiger partial charge in [-0.25, -0.2) is 13.8 Å². The van der Waals surface area contributed by atoms with Crippen LogP contribution in [0.3, 0.4) is 0 Å². The molecule has 0 bridgehead atoms.